The van der Waals surface area contributed by atoms with Crippen molar-refractivity contribution in [1.82, 2.24) is 0 Å². The summed E-state index contributed by atoms with van der Waals surface area (Å²) in [7, 11) is 0. The molecule has 2 aliphatic rings. The molecular weight excluding hydrogens is 312 g/mol. The quantitative estimate of drug-likeness (QED) is 0.577. The molecule has 0 amide bonds. The predicted molar refractivity (Wildman–Crippen MR) is 92.4 cm³/mol. The first-order valence-electron chi connectivity index (χ1n) is 7.87. The SMILES string of the molecule is C.CC(C)(C)C1=CC(=O)OC1.CC(C)(C)C1OCC(O)C(O)C1O. The maximum Gasteiger partial charge on any atom is 0.331 e. The van der Waals surface area contributed by atoms with Gasteiger partial charge in [-0.3, -0.25) is 0 Å². The number of carbonyl (C=O) groups excluding carboxylic acids is 1. The highest BCUT2D eigenvalue weighted by molar-refractivity contribution is 5.85. The van der Waals surface area contributed by atoms with Gasteiger partial charge in [0.2, 0.25) is 0 Å². The van der Waals surface area contributed by atoms with Crippen molar-refractivity contribution in [2.24, 2.45) is 10.8 Å². The van der Waals surface area contributed by atoms with Crippen molar-refractivity contribution in [3.63, 3.8) is 0 Å². The molecule has 0 aromatic rings. The van der Waals surface area contributed by atoms with Gasteiger partial charge in [0.25, 0.3) is 0 Å². The Balaban J connectivity index is 0.000000436. The molecule has 0 aliphatic carbocycles. The van der Waals surface area contributed by atoms with Crippen LogP contribution in [0.3, 0.4) is 0 Å². The number of rotatable bonds is 0. The maximum atomic E-state index is 10.6. The van der Waals surface area contributed by atoms with E-state index in [1.807, 2.05) is 20.8 Å². The van der Waals surface area contributed by atoms with Gasteiger partial charge in [0.1, 0.15) is 24.9 Å². The normalized spacial score (nSPS) is 30.5. The number of aliphatic hydroxyl groups excluding tert-OH is 3. The number of carbonyl (C=O) groups is 1. The zero-order valence-corrected chi connectivity index (χ0v) is 14.9. The first-order valence-corrected chi connectivity index (χ1v) is 7.87. The van der Waals surface area contributed by atoms with Crippen LogP contribution in [0.25, 0.3) is 0 Å². The molecule has 0 spiro atoms. The minimum atomic E-state index is -1.10. The van der Waals surface area contributed by atoms with Gasteiger partial charge in [0, 0.05) is 6.08 Å². The minimum Gasteiger partial charge on any atom is -0.458 e. The molecule has 1 saturated heterocycles. The van der Waals surface area contributed by atoms with E-state index in [0.717, 1.165) is 5.57 Å². The molecule has 0 radical (unpaired) electrons. The third-order valence-electron chi connectivity index (χ3n) is 3.98. The summed E-state index contributed by atoms with van der Waals surface area (Å²) in [4.78, 5) is 10.6. The minimum absolute atomic E-state index is 0. The highest BCUT2D eigenvalue weighted by Gasteiger charge is 2.42. The van der Waals surface area contributed by atoms with E-state index >= 15 is 0 Å². The summed E-state index contributed by atoms with van der Waals surface area (Å²) in [5.74, 6) is -0.204. The van der Waals surface area contributed by atoms with Crippen LogP contribution in [0.2, 0.25) is 0 Å². The van der Waals surface area contributed by atoms with Crippen molar-refractivity contribution in [2.75, 3.05) is 13.2 Å². The van der Waals surface area contributed by atoms with Crippen LogP contribution in [0.4, 0.5) is 0 Å². The molecule has 6 nitrogen and oxygen atoms in total. The van der Waals surface area contributed by atoms with Crippen LogP contribution >= 0.6 is 0 Å². The molecule has 4 atom stereocenters. The fourth-order valence-electron chi connectivity index (χ4n) is 2.38. The third-order valence-corrected chi connectivity index (χ3v) is 3.98. The van der Waals surface area contributed by atoms with Crippen molar-refractivity contribution in [3.8, 4) is 0 Å². The highest BCUT2D eigenvalue weighted by atomic mass is 16.5. The Morgan fingerprint density at radius 2 is 1.58 bits per heavy atom. The standard InChI is InChI=1S/C9H18O4.C8H12O2.CH4/c1-9(2,3)8-7(12)6(11)5(10)4-13-8;1-8(2,3)6-4-7(9)10-5-6;/h5-8,10-12H,4H2,1-3H3;4H,5H2,1-3H3;1H4. The Labute approximate surface area is 145 Å². The molecule has 6 heteroatoms. The van der Waals surface area contributed by atoms with E-state index in [0.29, 0.717) is 6.61 Å². The average Bonchev–Trinajstić information content (AvgIpc) is 2.82. The lowest BCUT2D eigenvalue weighted by Crippen LogP contribution is -2.56. The van der Waals surface area contributed by atoms with Crippen LogP contribution in [-0.4, -0.2) is 58.9 Å². The van der Waals surface area contributed by atoms with Gasteiger partial charge in [0.15, 0.2) is 0 Å². The molecule has 2 aliphatic heterocycles. The van der Waals surface area contributed by atoms with E-state index in [9.17, 15) is 20.1 Å². The first kappa shape index (κ1) is 23.1. The Kier molecular flexibility index (Phi) is 8.09. The molecule has 3 N–H and O–H groups in total. The molecule has 1 fully saturated rings. The summed E-state index contributed by atoms with van der Waals surface area (Å²) in [6.07, 6.45) is -1.93. The Bertz CT molecular complexity index is 443. The zero-order valence-electron chi connectivity index (χ0n) is 14.9. The van der Waals surface area contributed by atoms with E-state index in [1.165, 1.54) is 0 Å². The lowest BCUT2D eigenvalue weighted by molar-refractivity contribution is -0.211. The van der Waals surface area contributed by atoms with E-state index in [-0.39, 0.29) is 30.8 Å². The maximum absolute atomic E-state index is 10.6. The summed E-state index contributed by atoms with van der Waals surface area (Å²) in [5.41, 5.74) is 0.921. The van der Waals surface area contributed by atoms with Gasteiger partial charge in [-0.1, -0.05) is 49.0 Å². The summed E-state index contributed by atoms with van der Waals surface area (Å²) in [6.45, 7) is 12.5. The molecule has 0 aromatic heterocycles. The van der Waals surface area contributed by atoms with Gasteiger partial charge in [0.05, 0.1) is 12.7 Å². The van der Waals surface area contributed by atoms with Crippen molar-refractivity contribution in [1.29, 1.82) is 0 Å². The number of hydrogen-bond acceptors (Lipinski definition) is 6. The third kappa shape index (κ3) is 6.16. The van der Waals surface area contributed by atoms with Crippen LogP contribution in [0, 0.1) is 10.8 Å². The Hall–Kier alpha value is -0.950. The van der Waals surface area contributed by atoms with Crippen LogP contribution in [0.5, 0.6) is 0 Å². The lowest BCUT2D eigenvalue weighted by atomic mass is 9.81. The smallest absolute Gasteiger partial charge is 0.331 e. The van der Waals surface area contributed by atoms with Gasteiger partial charge in [-0.2, -0.15) is 0 Å². The molecular formula is C18H34O6. The molecule has 2 heterocycles. The Morgan fingerprint density at radius 1 is 1.04 bits per heavy atom. The summed E-state index contributed by atoms with van der Waals surface area (Å²) in [6, 6.07) is 0. The first-order chi connectivity index (χ1) is 10.3. The monoisotopic (exact) mass is 346 g/mol. The topological polar surface area (TPSA) is 96.2 Å². The second-order valence-corrected chi connectivity index (χ2v) is 8.20. The molecule has 0 aromatic carbocycles. The molecule has 24 heavy (non-hydrogen) atoms. The summed E-state index contributed by atoms with van der Waals surface area (Å²) < 4.78 is 10.0. The number of ether oxygens (including phenoxy) is 2. The van der Waals surface area contributed by atoms with Gasteiger partial charge in [-0.05, 0) is 16.4 Å². The second kappa shape index (κ2) is 8.43. The van der Waals surface area contributed by atoms with Gasteiger partial charge in [-0.15, -0.1) is 0 Å². The lowest BCUT2D eigenvalue weighted by Gasteiger charge is -2.41. The highest BCUT2D eigenvalue weighted by Crippen LogP contribution is 2.30. The van der Waals surface area contributed by atoms with Crippen molar-refractivity contribution in [2.45, 2.75) is 73.4 Å². The molecule has 2 rings (SSSR count). The number of hydrogen-bond donors (Lipinski definition) is 3. The Morgan fingerprint density at radius 3 is 1.92 bits per heavy atom. The van der Waals surface area contributed by atoms with Crippen LogP contribution in [0.15, 0.2) is 11.6 Å². The second-order valence-electron chi connectivity index (χ2n) is 8.20. The van der Waals surface area contributed by atoms with Crippen LogP contribution < -0.4 is 0 Å². The average molecular weight is 346 g/mol. The largest absolute Gasteiger partial charge is 0.458 e. The molecule has 0 bridgehead atoms. The number of cyclic esters (lactones) is 1. The van der Waals surface area contributed by atoms with E-state index in [2.05, 4.69) is 20.8 Å². The molecule has 0 saturated carbocycles. The summed E-state index contributed by atoms with van der Waals surface area (Å²) in [5, 5.41) is 28.2. The van der Waals surface area contributed by atoms with Gasteiger partial charge in [-0.25, -0.2) is 4.79 Å². The van der Waals surface area contributed by atoms with Crippen LogP contribution in [-0.2, 0) is 14.3 Å². The van der Waals surface area contributed by atoms with Crippen molar-refractivity contribution < 1.29 is 29.6 Å². The van der Waals surface area contributed by atoms with E-state index < -0.39 is 24.4 Å². The van der Waals surface area contributed by atoms with Crippen molar-refractivity contribution >= 4 is 5.97 Å². The van der Waals surface area contributed by atoms with Crippen LogP contribution in [0.1, 0.15) is 49.0 Å². The fraction of sp³-hybridized carbons (Fsp3) is 0.833. The van der Waals surface area contributed by atoms with E-state index in [1.54, 1.807) is 6.08 Å². The van der Waals surface area contributed by atoms with Gasteiger partial charge >= 0.3 is 5.97 Å². The fourth-order valence-corrected chi connectivity index (χ4v) is 2.38. The summed E-state index contributed by atoms with van der Waals surface area (Å²) >= 11 is 0. The predicted octanol–water partition coefficient (Wildman–Crippen LogP) is 1.67. The number of esters is 1. The zero-order chi connectivity index (χ0) is 18.0. The van der Waals surface area contributed by atoms with E-state index in [4.69, 9.17) is 9.47 Å². The van der Waals surface area contributed by atoms with Gasteiger partial charge < -0.3 is 24.8 Å². The number of aliphatic hydroxyl groups is 3. The molecule has 142 valence electrons. The molecule has 4 unspecified atom stereocenters. The van der Waals surface area contributed by atoms with Crippen molar-refractivity contribution in [3.05, 3.63) is 11.6 Å².